The zero-order chi connectivity index (χ0) is 19.0. The third-order valence-electron chi connectivity index (χ3n) is 5.01. The van der Waals surface area contributed by atoms with Crippen LogP contribution in [0, 0.1) is 0 Å². The van der Waals surface area contributed by atoms with Crippen molar-refractivity contribution in [3.05, 3.63) is 0 Å². The smallest absolute Gasteiger partial charge is 0.267 e. The van der Waals surface area contributed by atoms with Crippen molar-refractivity contribution in [2.45, 2.75) is 128 Å². The molecule has 0 radical (unpaired) electrons. The van der Waals surface area contributed by atoms with E-state index in [1.807, 2.05) is 0 Å². The monoisotopic (exact) mass is 378 g/mol. The molecular weight excluding hydrogens is 336 g/mol. The van der Waals surface area contributed by atoms with Gasteiger partial charge in [-0.2, -0.15) is 8.42 Å². The summed E-state index contributed by atoms with van der Waals surface area (Å²) in [4.78, 5) is 0. The molecule has 0 saturated heterocycles. The molecule has 2 N–H and O–H groups in total. The van der Waals surface area contributed by atoms with E-state index in [1.165, 1.54) is 38.5 Å². The average Bonchev–Trinajstić information content (AvgIpc) is 2.55. The molecule has 0 aliphatic carbocycles. The first-order valence-corrected chi connectivity index (χ1v) is 12.1. The highest BCUT2D eigenvalue weighted by Gasteiger charge is 2.23. The third-order valence-corrected chi connectivity index (χ3v) is 6.33. The average molecular weight is 379 g/mol. The molecule has 0 bridgehead atoms. The highest BCUT2D eigenvalue weighted by molar-refractivity contribution is 7.86. The molecule has 152 valence electrons. The maximum absolute atomic E-state index is 11.5. The Labute approximate surface area is 156 Å². The lowest BCUT2D eigenvalue weighted by atomic mass is 10.0. The molecule has 5 heteroatoms. The highest BCUT2D eigenvalue weighted by atomic mass is 32.2. The van der Waals surface area contributed by atoms with E-state index in [0.717, 1.165) is 44.9 Å². The lowest BCUT2D eigenvalue weighted by Gasteiger charge is -2.16. The molecule has 0 aromatic rings. The second kappa shape index (κ2) is 16.1. The van der Waals surface area contributed by atoms with Crippen LogP contribution in [0.2, 0.25) is 0 Å². The molecule has 0 aliphatic heterocycles. The third kappa shape index (κ3) is 15.8. The summed E-state index contributed by atoms with van der Waals surface area (Å²) in [5.74, 6) is 0. The van der Waals surface area contributed by atoms with Crippen molar-refractivity contribution in [2.24, 2.45) is 0 Å². The van der Waals surface area contributed by atoms with Crippen LogP contribution in [0.15, 0.2) is 0 Å². The molecular formula is C20H42O4S. The van der Waals surface area contributed by atoms with E-state index in [1.54, 1.807) is 0 Å². The van der Waals surface area contributed by atoms with Gasteiger partial charge in [0.25, 0.3) is 10.1 Å². The van der Waals surface area contributed by atoms with Crippen molar-refractivity contribution in [2.75, 3.05) is 0 Å². The van der Waals surface area contributed by atoms with Crippen LogP contribution in [-0.2, 0) is 10.1 Å². The molecule has 0 saturated carbocycles. The summed E-state index contributed by atoms with van der Waals surface area (Å²) in [6.07, 6.45) is 15.5. The van der Waals surface area contributed by atoms with Crippen molar-refractivity contribution >= 4 is 10.1 Å². The molecule has 2 unspecified atom stereocenters. The van der Waals surface area contributed by atoms with Gasteiger partial charge in [-0.1, -0.05) is 90.9 Å². The Morgan fingerprint density at radius 3 is 1.60 bits per heavy atom. The standard InChI is InChI=1S/C20H42O4S/c1-3-5-7-9-10-11-12-13-15-19(21)17-18-20(25(22,23)24)16-14-8-6-4-2/h19-21H,3-18H2,1-2H3,(H,22,23,24). The van der Waals surface area contributed by atoms with E-state index in [0.29, 0.717) is 19.3 Å². The normalized spacial score (nSPS) is 14.6. The molecule has 0 aromatic heterocycles. The summed E-state index contributed by atoms with van der Waals surface area (Å²) in [7, 11) is -4.00. The summed E-state index contributed by atoms with van der Waals surface area (Å²) in [5, 5.41) is 9.36. The summed E-state index contributed by atoms with van der Waals surface area (Å²) >= 11 is 0. The molecule has 0 spiro atoms. The first kappa shape index (κ1) is 24.9. The van der Waals surface area contributed by atoms with Gasteiger partial charge in [0.2, 0.25) is 0 Å². The fourth-order valence-corrected chi connectivity index (χ4v) is 4.18. The van der Waals surface area contributed by atoms with Gasteiger partial charge in [0.1, 0.15) is 0 Å². The van der Waals surface area contributed by atoms with Crippen molar-refractivity contribution in [1.82, 2.24) is 0 Å². The first-order chi connectivity index (χ1) is 11.9. The Balaban J connectivity index is 3.81. The molecule has 0 heterocycles. The zero-order valence-electron chi connectivity index (χ0n) is 16.6. The van der Waals surface area contributed by atoms with Gasteiger partial charge in [-0.05, 0) is 25.7 Å². The number of aliphatic hydroxyl groups excluding tert-OH is 1. The number of rotatable bonds is 18. The summed E-state index contributed by atoms with van der Waals surface area (Å²) in [6, 6.07) is 0. The van der Waals surface area contributed by atoms with Gasteiger partial charge in [0.05, 0.1) is 11.4 Å². The fourth-order valence-electron chi connectivity index (χ4n) is 3.28. The van der Waals surface area contributed by atoms with E-state index < -0.39 is 21.5 Å². The Morgan fingerprint density at radius 2 is 1.08 bits per heavy atom. The zero-order valence-corrected chi connectivity index (χ0v) is 17.4. The highest BCUT2D eigenvalue weighted by Crippen LogP contribution is 2.19. The predicted molar refractivity (Wildman–Crippen MR) is 107 cm³/mol. The van der Waals surface area contributed by atoms with E-state index in [-0.39, 0.29) is 0 Å². The number of unbranched alkanes of at least 4 members (excludes halogenated alkanes) is 10. The molecule has 0 fully saturated rings. The molecule has 25 heavy (non-hydrogen) atoms. The van der Waals surface area contributed by atoms with Crippen LogP contribution in [0.5, 0.6) is 0 Å². The van der Waals surface area contributed by atoms with Crippen molar-refractivity contribution < 1.29 is 18.1 Å². The van der Waals surface area contributed by atoms with E-state index >= 15 is 0 Å². The largest absolute Gasteiger partial charge is 0.393 e. The van der Waals surface area contributed by atoms with Gasteiger partial charge in [-0.15, -0.1) is 0 Å². The quantitative estimate of drug-likeness (QED) is 0.230. The van der Waals surface area contributed by atoms with Crippen LogP contribution < -0.4 is 0 Å². The second-order valence-electron chi connectivity index (χ2n) is 7.48. The predicted octanol–water partition coefficient (Wildman–Crippen LogP) is 5.89. The number of hydrogen-bond acceptors (Lipinski definition) is 3. The van der Waals surface area contributed by atoms with Gasteiger partial charge >= 0.3 is 0 Å². The maximum atomic E-state index is 11.5. The Kier molecular flexibility index (Phi) is 16.0. The lowest BCUT2D eigenvalue weighted by Crippen LogP contribution is -2.22. The van der Waals surface area contributed by atoms with E-state index in [2.05, 4.69) is 13.8 Å². The van der Waals surface area contributed by atoms with Gasteiger partial charge in [-0.3, -0.25) is 4.55 Å². The van der Waals surface area contributed by atoms with Gasteiger partial charge in [-0.25, -0.2) is 0 Å². The summed E-state index contributed by atoms with van der Waals surface area (Å²) < 4.78 is 32.3. The SMILES string of the molecule is CCCCCCCCCCC(O)CCC(CCCCCC)S(=O)(=O)O. The van der Waals surface area contributed by atoms with Crippen LogP contribution in [0.4, 0.5) is 0 Å². The minimum atomic E-state index is -4.00. The van der Waals surface area contributed by atoms with Gasteiger partial charge in [0.15, 0.2) is 0 Å². The molecule has 0 aliphatic rings. The molecule has 2 atom stereocenters. The summed E-state index contributed by atoms with van der Waals surface area (Å²) in [6.45, 7) is 4.33. The van der Waals surface area contributed by atoms with Crippen LogP contribution >= 0.6 is 0 Å². The molecule has 0 aromatic carbocycles. The topological polar surface area (TPSA) is 74.6 Å². The van der Waals surface area contributed by atoms with Crippen LogP contribution in [-0.4, -0.2) is 29.4 Å². The van der Waals surface area contributed by atoms with Crippen molar-refractivity contribution in [1.29, 1.82) is 0 Å². The van der Waals surface area contributed by atoms with Crippen molar-refractivity contribution in [3.8, 4) is 0 Å². The summed E-state index contributed by atoms with van der Waals surface area (Å²) in [5.41, 5.74) is 0. The maximum Gasteiger partial charge on any atom is 0.267 e. The minimum absolute atomic E-state index is 0.364. The molecule has 4 nitrogen and oxygen atoms in total. The minimum Gasteiger partial charge on any atom is -0.393 e. The van der Waals surface area contributed by atoms with Gasteiger partial charge < -0.3 is 5.11 Å². The molecule has 0 rings (SSSR count). The van der Waals surface area contributed by atoms with E-state index in [9.17, 15) is 18.1 Å². The fraction of sp³-hybridized carbons (Fsp3) is 1.00. The molecule has 0 amide bonds. The van der Waals surface area contributed by atoms with Crippen LogP contribution in [0.3, 0.4) is 0 Å². The Morgan fingerprint density at radius 1 is 0.640 bits per heavy atom. The van der Waals surface area contributed by atoms with E-state index in [4.69, 9.17) is 0 Å². The van der Waals surface area contributed by atoms with Gasteiger partial charge in [0, 0.05) is 0 Å². The van der Waals surface area contributed by atoms with Crippen LogP contribution in [0.25, 0.3) is 0 Å². The Bertz CT molecular complexity index is 381. The van der Waals surface area contributed by atoms with Crippen LogP contribution in [0.1, 0.15) is 117 Å². The van der Waals surface area contributed by atoms with Crippen molar-refractivity contribution in [3.63, 3.8) is 0 Å². The first-order valence-electron chi connectivity index (χ1n) is 10.6. The Hall–Kier alpha value is -0.130. The number of hydrogen-bond donors (Lipinski definition) is 2. The lowest BCUT2D eigenvalue weighted by molar-refractivity contribution is 0.147. The second-order valence-corrected chi connectivity index (χ2v) is 9.18. The number of aliphatic hydroxyl groups is 1.